The van der Waals surface area contributed by atoms with E-state index in [-0.39, 0.29) is 24.9 Å². The molecule has 0 aromatic carbocycles. The molecule has 5 nitrogen and oxygen atoms in total. The number of carbonyl (C=O) groups is 2. The highest BCUT2D eigenvalue weighted by atomic mass is 16.4. The minimum Gasteiger partial charge on any atom is -0.481 e. The Kier molecular flexibility index (Phi) is 2.87. The van der Waals surface area contributed by atoms with E-state index in [4.69, 9.17) is 5.11 Å². The quantitative estimate of drug-likeness (QED) is 0.607. The molecule has 1 amide bonds. The van der Waals surface area contributed by atoms with Gasteiger partial charge in [-0.05, 0) is 6.42 Å². The fourth-order valence-electron chi connectivity index (χ4n) is 1.67. The molecule has 2 atom stereocenters. The predicted molar refractivity (Wildman–Crippen MR) is 44.1 cm³/mol. The first-order valence-corrected chi connectivity index (χ1v) is 4.17. The van der Waals surface area contributed by atoms with Gasteiger partial charge in [-0.1, -0.05) is 0 Å². The summed E-state index contributed by atoms with van der Waals surface area (Å²) in [7, 11) is 0. The Morgan fingerprint density at radius 1 is 1.54 bits per heavy atom. The zero-order chi connectivity index (χ0) is 10.0. The van der Waals surface area contributed by atoms with E-state index in [2.05, 4.69) is 0 Å². The average Bonchev–Trinajstić information content (AvgIpc) is 2.29. The molecule has 0 unspecified atom stereocenters. The van der Waals surface area contributed by atoms with Crippen LogP contribution in [0.3, 0.4) is 0 Å². The first-order chi connectivity index (χ1) is 6.00. The summed E-state index contributed by atoms with van der Waals surface area (Å²) in [5, 5.41) is 17.8. The molecule has 0 aromatic rings. The summed E-state index contributed by atoms with van der Waals surface area (Å²) in [6.07, 6.45) is -0.295. The highest BCUT2D eigenvalue weighted by Gasteiger charge is 2.33. The topological polar surface area (TPSA) is 77.8 Å². The maximum absolute atomic E-state index is 11.0. The molecule has 2 N–H and O–H groups in total. The number of carboxylic acid groups (broad SMARTS) is 1. The van der Waals surface area contributed by atoms with Crippen molar-refractivity contribution in [1.82, 2.24) is 4.90 Å². The molecule has 0 radical (unpaired) electrons. The summed E-state index contributed by atoms with van der Waals surface area (Å²) in [4.78, 5) is 22.8. The highest BCUT2D eigenvalue weighted by Crippen LogP contribution is 2.20. The Morgan fingerprint density at radius 2 is 2.15 bits per heavy atom. The van der Waals surface area contributed by atoms with Crippen molar-refractivity contribution in [3.63, 3.8) is 0 Å². The molecular weight excluding hydrogens is 174 g/mol. The van der Waals surface area contributed by atoms with Gasteiger partial charge in [-0.25, -0.2) is 0 Å². The van der Waals surface area contributed by atoms with E-state index in [1.165, 1.54) is 11.8 Å². The normalized spacial score (nSPS) is 27.7. The van der Waals surface area contributed by atoms with Crippen molar-refractivity contribution in [2.24, 2.45) is 0 Å². The van der Waals surface area contributed by atoms with Crippen LogP contribution >= 0.6 is 0 Å². The lowest BCUT2D eigenvalue weighted by Gasteiger charge is -2.20. The number of hydrogen-bond acceptors (Lipinski definition) is 3. The van der Waals surface area contributed by atoms with Crippen molar-refractivity contribution in [2.75, 3.05) is 6.54 Å². The molecule has 1 rings (SSSR count). The Balaban J connectivity index is 2.60. The highest BCUT2D eigenvalue weighted by molar-refractivity contribution is 5.75. The van der Waals surface area contributed by atoms with E-state index in [9.17, 15) is 14.7 Å². The third kappa shape index (κ3) is 2.42. The smallest absolute Gasteiger partial charge is 0.305 e. The Bertz CT molecular complexity index is 228. The number of hydrogen-bond donors (Lipinski definition) is 2. The lowest BCUT2D eigenvalue weighted by Crippen LogP contribution is -2.35. The van der Waals surface area contributed by atoms with E-state index in [1.54, 1.807) is 0 Å². The van der Waals surface area contributed by atoms with Crippen LogP contribution in [0, 0.1) is 0 Å². The number of rotatable bonds is 2. The number of β-amino-alcohol motifs (C(OH)–C–C–N with tert-alkyl or cyclic N) is 1. The van der Waals surface area contributed by atoms with Gasteiger partial charge in [-0.3, -0.25) is 9.59 Å². The summed E-state index contributed by atoms with van der Waals surface area (Å²) in [6.45, 7) is 1.64. The Hall–Kier alpha value is -1.10. The first kappa shape index (κ1) is 9.98. The number of carbonyl (C=O) groups excluding carboxylic acids is 1. The molecule has 1 saturated heterocycles. The predicted octanol–water partition coefficient (Wildman–Crippen LogP) is -0.557. The van der Waals surface area contributed by atoms with Crippen LogP contribution in [-0.2, 0) is 9.59 Å². The fourth-order valence-corrected chi connectivity index (χ4v) is 1.67. The maximum Gasteiger partial charge on any atom is 0.305 e. The second-order valence-corrected chi connectivity index (χ2v) is 3.31. The van der Waals surface area contributed by atoms with Crippen molar-refractivity contribution in [2.45, 2.75) is 31.9 Å². The van der Waals surface area contributed by atoms with Gasteiger partial charge in [0.1, 0.15) is 0 Å². The molecule has 0 aliphatic carbocycles. The number of likely N-dealkylation sites (tertiary alicyclic amines) is 1. The van der Waals surface area contributed by atoms with E-state index >= 15 is 0 Å². The van der Waals surface area contributed by atoms with Crippen molar-refractivity contribution in [3.05, 3.63) is 0 Å². The molecular formula is C8H13NO4. The Labute approximate surface area is 76.0 Å². The van der Waals surface area contributed by atoms with E-state index < -0.39 is 12.1 Å². The summed E-state index contributed by atoms with van der Waals surface area (Å²) in [5.41, 5.74) is 0. The van der Waals surface area contributed by atoms with Crippen LogP contribution in [0.5, 0.6) is 0 Å². The van der Waals surface area contributed by atoms with E-state index in [0.29, 0.717) is 6.42 Å². The van der Waals surface area contributed by atoms with Gasteiger partial charge >= 0.3 is 5.97 Å². The average molecular weight is 187 g/mol. The third-order valence-corrected chi connectivity index (χ3v) is 2.21. The molecule has 1 aliphatic rings. The molecule has 0 aromatic heterocycles. The summed E-state index contributed by atoms with van der Waals surface area (Å²) in [6, 6.07) is -0.343. The lowest BCUT2D eigenvalue weighted by molar-refractivity contribution is -0.139. The monoisotopic (exact) mass is 187 g/mol. The van der Waals surface area contributed by atoms with E-state index in [0.717, 1.165) is 0 Å². The number of carboxylic acids is 1. The summed E-state index contributed by atoms with van der Waals surface area (Å²) in [5.74, 6) is -1.12. The van der Waals surface area contributed by atoms with Crippen LogP contribution in [0.15, 0.2) is 0 Å². The van der Waals surface area contributed by atoms with Gasteiger partial charge < -0.3 is 15.1 Å². The van der Waals surface area contributed by atoms with Gasteiger partial charge in [0.2, 0.25) is 5.91 Å². The zero-order valence-electron chi connectivity index (χ0n) is 7.43. The van der Waals surface area contributed by atoms with Crippen molar-refractivity contribution >= 4 is 11.9 Å². The third-order valence-electron chi connectivity index (χ3n) is 2.21. The van der Waals surface area contributed by atoms with Crippen LogP contribution in [-0.4, -0.2) is 45.7 Å². The van der Waals surface area contributed by atoms with Crippen LogP contribution < -0.4 is 0 Å². The molecule has 1 aliphatic heterocycles. The summed E-state index contributed by atoms with van der Waals surface area (Å²) >= 11 is 0. The van der Waals surface area contributed by atoms with Gasteiger partial charge in [0.15, 0.2) is 0 Å². The molecule has 0 saturated carbocycles. The molecule has 13 heavy (non-hydrogen) atoms. The molecule has 1 heterocycles. The van der Waals surface area contributed by atoms with Gasteiger partial charge in [0.05, 0.1) is 12.5 Å². The fraction of sp³-hybridized carbons (Fsp3) is 0.750. The lowest BCUT2D eigenvalue weighted by atomic mass is 10.1. The SMILES string of the molecule is CC(=O)N1C[C@H](O)C[C@H]1CC(=O)O. The largest absolute Gasteiger partial charge is 0.481 e. The minimum atomic E-state index is -0.939. The first-order valence-electron chi connectivity index (χ1n) is 4.17. The summed E-state index contributed by atoms with van der Waals surface area (Å²) < 4.78 is 0. The van der Waals surface area contributed by atoms with Gasteiger partial charge in [-0.2, -0.15) is 0 Å². The van der Waals surface area contributed by atoms with Crippen LogP contribution in [0.2, 0.25) is 0 Å². The number of aliphatic carboxylic acids is 1. The van der Waals surface area contributed by atoms with Crippen LogP contribution in [0.1, 0.15) is 19.8 Å². The second kappa shape index (κ2) is 3.74. The Morgan fingerprint density at radius 3 is 2.62 bits per heavy atom. The number of aliphatic hydroxyl groups excluding tert-OH is 1. The van der Waals surface area contributed by atoms with Crippen molar-refractivity contribution < 1.29 is 19.8 Å². The second-order valence-electron chi connectivity index (χ2n) is 3.31. The molecule has 0 bridgehead atoms. The molecule has 5 heteroatoms. The van der Waals surface area contributed by atoms with Crippen LogP contribution in [0.25, 0.3) is 0 Å². The number of amides is 1. The van der Waals surface area contributed by atoms with E-state index in [1.807, 2.05) is 0 Å². The van der Waals surface area contributed by atoms with Crippen LogP contribution in [0.4, 0.5) is 0 Å². The van der Waals surface area contributed by atoms with Gasteiger partial charge in [0, 0.05) is 19.5 Å². The number of nitrogens with zero attached hydrogens (tertiary/aromatic N) is 1. The molecule has 0 spiro atoms. The zero-order valence-corrected chi connectivity index (χ0v) is 7.43. The van der Waals surface area contributed by atoms with Gasteiger partial charge in [-0.15, -0.1) is 0 Å². The maximum atomic E-state index is 11.0. The molecule has 1 fully saturated rings. The van der Waals surface area contributed by atoms with Crippen molar-refractivity contribution in [3.8, 4) is 0 Å². The standard InChI is InChI=1S/C8H13NO4/c1-5(10)9-4-7(11)2-6(9)3-8(12)13/h6-7,11H,2-4H2,1H3,(H,12,13)/t6-,7+/m0/s1. The number of aliphatic hydroxyl groups is 1. The van der Waals surface area contributed by atoms with Gasteiger partial charge in [0.25, 0.3) is 0 Å². The minimum absolute atomic E-state index is 0.0867. The van der Waals surface area contributed by atoms with Crippen molar-refractivity contribution in [1.29, 1.82) is 0 Å². The molecule has 74 valence electrons.